The molecule has 5 heteroatoms. The maximum atomic E-state index is 13.0. The minimum absolute atomic E-state index is 0.00703. The van der Waals surface area contributed by atoms with Gasteiger partial charge in [-0.25, -0.2) is 4.68 Å². The van der Waals surface area contributed by atoms with E-state index in [2.05, 4.69) is 31.1 Å². The first-order valence-electron chi connectivity index (χ1n) is 10.2. The van der Waals surface area contributed by atoms with E-state index in [9.17, 15) is 4.79 Å². The SMILES string of the molecule is Cc1ccc(OC2CCN(C(=O)c3cc(C)n(-c4ccccc4)n3)CC2)cc1C. The number of para-hydroxylation sites is 1. The Morgan fingerprint density at radius 1 is 0.966 bits per heavy atom. The van der Waals surface area contributed by atoms with Gasteiger partial charge in [0.05, 0.1) is 5.69 Å². The molecule has 0 aliphatic carbocycles. The Morgan fingerprint density at radius 3 is 2.38 bits per heavy atom. The summed E-state index contributed by atoms with van der Waals surface area (Å²) in [6.07, 6.45) is 1.80. The largest absolute Gasteiger partial charge is 0.490 e. The zero-order valence-electron chi connectivity index (χ0n) is 17.3. The van der Waals surface area contributed by atoms with Gasteiger partial charge in [0.2, 0.25) is 0 Å². The number of benzene rings is 2. The van der Waals surface area contributed by atoms with Crippen molar-refractivity contribution in [2.24, 2.45) is 0 Å². The van der Waals surface area contributed by atoms with Gasteiger partial charge < -0.3 is 9.64 Å². The van der Waals surface area contributed by atoms with Crippen molar-refractivity contribution in [1.29, 1.82) is 0 Å². The molecule has 0 radical (unpaired) electrons. The molecular formula is C24H27N3O2. The third kappa shape index (κ3) is 4.19. The molecule has 5 nitrogen and oxygen atoms in total. The number of rotatable bonds is 4. The fourth-order valence-electron chi connectivity index (χ4n) is 3.73. The van der Waals surface area contributed by atoms with E-state index in [0.717, 1.165) is 30.0 Å². The molecular weight excluding hydrogens is 362 g/mol. The van der Waals surface area contributed by atoms with E-state index in [0.29, 0.717) is 18.8 Å². The van der Waals surface area contributed by atoms with Crippen LogP contribution in [-0.4, -0.2) is 39.8 Å². The molecule has 3 aromatic rings. The molecule has 0 bridgehead atoms. The van der Waals surface area contributed by atoms with Gasteiger partial charge in [-0.3, -0.25) is 4.79 Å². The fourth-order valence-corrected chi connectivity index (χ4v) is 3.73. The third-order valence-corrected chi connectivity index (χ3v) is 5.62. The summed E-state index contributed by atoms with van der Waals surface area (Å²) in [7, 11) is 0. The van der Waals surface area contributed by atoms with Crippen molar-refractivity contribution in [2.45, 2.75) is 39.7 Å². The minimum atomic E-state index is -0.00703. The number of carbonyl (C=O) groups is 1. The Balaban J connectivity index is 1.38. The second-order valence-corrected chi connectivity index (χ2v) is 7.77. The topological polar surface area (TPSA) is 47.4 Å². The normalized spacial score (nSPS) is 14.8. The van der Waals surface area contributed by atoms with E-state index in [4.69, 9.17) is 4.74 Å². The Bertz CT molecular complexity index is 1000. The van der Waals surface area contributed by atoms with Crippen LogP contribution in [0.15, 0.2) is 54.6 Å². The lowest BCUT2D eigenvalue weighted by molar-refractivity contribution is 0.0589. The van der Waals surface area contributed by atoms with Crippen LogP contribution >= 0.6 is 0 Å². The van der Waals surface area contributed by atoms with Crippen LogP contribution in [0.1, 0.15) is 40.2 Å². The van der Waals surface area contributed by atoms with Crippen molar-refractivity contribution in [2.75, 3.05) is 13.1 Å². The number of amides is 1. The predicted molar refractivity (Wildman–Crippen MR) is 114 cm³/mol. The van der Waals surface area contributed by atoms with E-state index in [1.165, 1.54) is 11.1 Å². The molecule has 1 fully saturated rings. The van der Waals surface area contributed by atoms with Crippen LogP contribution in [0.5, 0.6) is 5.75 Å². The smallest absolute Gasteiger partial charge is 0.274 e. The van der Waals surface area contributed by atoms with Crippen LogP contribution in [0.3, 0.4) is 0 Å². The lowest BCUT2D eigenvalue weighted by Crippen LogP contribution is -2.42. The van der Waals surface area contributed by atoms with Gasteiger partial charge >= 0.3 is 0 Å². The zero-order chi connectivity index (χ0) is 20.4. The Hall–Kier alpha value is -3.08. The highest BCUT2D eigenvalue weighted by Gasteiger charge is 2.26. The number of hydrogen-bond donors (Lipinski definition) is 0. The molecule has 1 aliphatic rings. The summed E-state index contributed by atoms with van der Waals surface area (Å²) in [6, 6.07) is 18.0. The van der Waals surface area contributed by atoms with Gasteiger partial charge in [0.15, 0.2) is 5.69 Å². The average molecular weight is 389 g/mol. The number of piperidine rings is 1. The molecule has 0 unspecified atom stereocenters. The molecule has 0 atom stereocenters. The number of carbonyl (C=O) groups excluding carboxylic acids is 1. The molecule has 1 amide bonds. The molecule has 2 aromatic carbocycles. The molecule has 0 N–H and O–H groups in total. The molecule has 1 aliphatic heterocycles. The van der Waals surface area contributed by atoms with Crippen LogP contribution in [-0.2, 0) is 0 Å². The highest BCUT2D eigenvalue weighted by Crippen LogP contribution is 2.23. The molecule has 0 spiro atoms. The van der Waals surface area contributed by atoms with Gasteiger partial charge in [0, 0.05) is 31.6 Å². The van der Waals surface area contributed by atoms with Gasteiger partial charge in [-0.15, -0.1) is 0 Å². The summed E-state index contributed by atoms with van der Waals surface area (Å²) in [6.45, 7) is 7.54. The summed E-state index contributed by atoms with van der Waals surface area (Å²) in [5.74, 6) is 0.905. The quantitative estimate of drug-likeness (QED) is 0.661. The first-order chi connectivity index (χ1) is 14.0. The maximum absolute atomic E-state index is 13.0. The third-order valence-electron chi connectivity index (χ3n) is 5.62. The first-order valence-corrected chi connectivity index (χ1v) is 10.2. The van der Waals surface area contributed by atoms with Crippen molar-refractivity contribution in [3.63, 3.8) is 0 Å². The van der Waals surface area contributed by atoms with E-state index in [1.807, 2.05) is 59.0 Å². The predicted octanol–water partition coefficient (Wildman–Crippen LogP) is 4.48. The number of nitrogens with zero attached hydrogens (tertiary/aromatic N) is 3. The van der Waals surface area contributed by atoms with E-state index in [-0.39, 0.29) is 12.0 Å². The maximum Gasteiger partial charge on any atom is 0.274 e. The molecule has 2 heterocycles. The number of aromatic nitrogens is 2. The summed E-state index contributed by atoms with van der Waals surface area (Å²) in [5.41, 5.74) is 4.92. The number of hydrogen-bond acceptors (Lipinski definition) is 3. The van der Waals surface area contributed by atoms with Gasteiger partial charge in [-0.05, 0) is 62.2 Å². The fraction of sp³-hybridized carbons (Fsp3) is 0.333. The molecule has 0 saturated carbocycles. The van der Waals surface area contributed by atoms with Gasteiger partial charge in [-0.1, -0.05) is 24.3 Å². The summed E-state index contributed by atoms with van der Waals surface area (Å²) >= 11 is 0. The average Bonchev–Trinajstić information content (AvgIpc) is 3.13. The molecule has 29 heavy (non-hydrogen) atoms. The number of aryl methyl sites for hydroxylation is 3. The van der Waals surface area contributed by atoms with Crippen molar-refractivity contribution in [3.8, 4) is 11.4 Å². The van der Waals surface area contributed by atoms with E-state index < -0.39 is 0 Å². The van der Waals surface area contributed by atoms with Gasteiger partial charge in [0.1, 0.15) is 11.9 Å². The van der Waals surface area contributed by atoms with E-state index >= 15 is 0 Å². The van der Waals surface area contributed by atoms with Crippen LogP contribution in [0.2, 0.25) is 0 Å². The van der Waals surface area contributed by atoms with Gasteiger partial charge in [0.25, 0.3) is 5.91 Å². The van der Waals surface area contributed by atoms with Crippen LogP contribution < -0.4 is 4.74 Å². The summed E-state index contributed by atoms with van der Waals surface area (Å²) in [5, 5.41) is 4.55. The minimum Gasteiger partial charge on any atom is -0.490 e. The number of ether oxygens (including phenoxy) is 1. The molecule has 150 valence electrons. The lowest BCUT2D eigenvalue weighted by atomic mass is 10.1. The van der Waals surface area contributed by atoms with Crippen molar-refractivity contribution in [3.05, 3.63) is 77.1 Å². The highest BCUT2D eigenvalue weighted by molar-refractivity contribution is 5.92. The van der Waals surface area contributed by atoms with Gasteiger partial charge in [-0.2, -0.15) is 5.10 Å². The Kier molecular flexibility index (Phi) is 5.38. The van der Waals surface area contributed by atoms with Crippen molar-refractivity contribution >= 4 is 5.91 Å². The van der Waals surface area contributed by atoms with Crippen LogP contribution in [0.4, 0.5) is 0 Å². The second-order valence-electron chi connectivity index (χ2n) is 7.77. The summed E-state index contributed by atoms with van der Waals surface area (Å²) in [4.78, 5) is 14.8. The molecule has 4 rings (SSSR count). The Morgan fingerprint density at radius 2 is 1.69 bits per heavy atom. The van der Waals surface area contributed by atoms with Crippen LogP contribution in [0.25, 0.3) is 5.69 Å². The van der Waals surface area contributed by atoms with E-state index in [1.54, 1.807) is 0 Å². The zero-order valence-corrected chi connectivity index (χ0v) is 17.3. The monoisotopic (exact) mass is 389 g/mol. The Labute approximate surface area is 171 Å². The second kappa shape index (κ2) is 8.11. The van der Waals surface area contributed by atoms with Crippen LogP contribution in [0, 0.1) is 20.8 Å². The van der Waals surface area contributed by atoms with Crippen molar-refractivity contribution in [1.82, 2.24) is 14.7 Å². The standard InChI is InChI=1S/C24H27N3O2/c1-17-9-10-22(15-18(17)2)29-21-11-13-26(14-12-21)24(28)23-16-19(3)27(25-23)20-7-5-4-6-8-20/h4-10,15-16,21H,11-14H2,1-3H3. The van der Waals surface area contributed by atoms with Crippen molar-refractivity contribution < 1.29 is 9.53 Å². The molecule has 1 aromatic heterocycles. The molecule has 1 saturated heterocycles. The first kappa shape index (κ1) is 19.2. The highest BCUT2D eigenvalue weighted by atomic mass is 16.5. The lowest BCUT2D eigenvalue weighted by Gasteiger charge is -2.31. The summed E-state index contributed by atoms with van der Waals surface area (Å²) < 4.78 is 7.97. The number of likely N-dealkylation sites (tertiary alicyclic amines) is 1.